The zero-order valence-electron chi connectivity index (χ0n) is 22.0. The van der Waals surface area contributed by atoms with Crippen LogP contribution >= 0.6 is 11.3 Å². The van der Waals surface area contributed by atoms with Crippen LogP contribution in [-0.4, -0.2) is 65.4 Å². The number of rotatable bonds is 5. The Kier molecular flexibility index (Phi) is 7.39. The molecule has 1 N–H and O–H groups in total. The molecule has 1 atom stereocenters. The van der Waals surface area contributed by atoms with Crippen LogP contribution in [0.25, 0.3) is 11.1 Å². The molecule has 4 aliphatic heterocycles. The van der Waals surface area contributed by atoms with Gasteiger partial charge in [-0.3, -0.25) is 9.59 Å². The van der Waals surface area contributed by atoms with E-state index >= 15 is 0 Å². The highest BCUT2D eigenvalue weighted by molar-refractivity contribution is 7.09. The molecule has 0 spiro atoms. The lowest BCUT2D eigenvalue weighted by Crippen LogP contribution is -2.57. The minimum absolute atomic E-state index is 0.103. The van der Waals surface area contributed by atoms with Gasteiger partial charge in [0, 0.05) is 42.5 Å². The third-order valence-electron chi connectivity index (χ3n) is 8.54. The molecule has 1 unspecified atom stereocenters. The van der Waals surface area contributed by atoms with Crippen LogP contribution in [0.4, 0.5) is 13.2 Å². The second-order valence-corrected chi connectivity index (χ2v) is 11.9. The molecule has 3 aromatic rings. The number of halogens is 3. The molecule has 0 radical (unpaired) electrons. The van der Waals surface area contributed by atoms with E-state index in [1.807, 2.05) is 5.38 Å². The van der Waals surface area contributed by atoms with E-state index < -0.39 is 11.7 Å². The highest BCUT2D eigenvalue weighted by Gasteiger charge is 2.36. The summed E-state index contributed by atoms with van der Waals surface area (Å²) in [5.74, 6) is 0.496. The first kappa shape index (κ1) is 27.0. The van der Waals surface area contributed by atoms with Crippen molar-refractivity contribution >= 4 is 23.2 Å². The van der Waals surface area contributed by atoms with Crippen molar-refractivity contribution in [2.45, 2.75) is 43.8 Å². The molecule has 10 heteroatoms. The van der Waals surface area contributed by atoms with Crippen LogP contribution in [0.2, 0.25) is 0 Å². The van der Waals surface area contributed by atoms with Crippen LogP contribution < -0.4 is 5.32 Å². The fourth-order valence-electron chi connectivity index (χ4n) is 6.21. The van der Waals surface area contributed by atoms with Gasteiger partial charge in [0.2, 0.25) is 0 Å². The van der Waals surface area contributed by atoms with Crippen molar-refractivity contribution in [2.75, 3.05) is 32.7 Å². The Labute approximate surface area is 235 Å². The predicted octanol–water partition coefficient (Wildman–Crippen LogP) is 5.67. The van der Waals surface area contributed by atoms with Gasteiger partial charge in [-0.1, -0.05) is 30.3 Å². The van der Waals surface area contributed by atoms with E-state index in [1.54, 1.807) is 29.2 Å². The number of alkyl halides is 3. The van der Waals surface area contributed by atoms with Crippen molar-refractivity contribution in [1.82, 2.24) is 20.1 Å². The number of nitrogens with zero attached hydrogens (tertiary/aromatic N) is 3. The maximum Gasteiger partial charge on any atom is 0.416 e. The van der Waals surface area contributed by atoms with Gasteiger partial charge in [-0.05, 0) is 74.0 Å². The minimum Gasteiger partial charge on any atom is -0.346 e. The number of amides is 2. The summed E-state index contributed by atoms with van der Waals surface area (Å²) in [6, 6.07) is 12.1. The zero-order chi connectivity index (χ0) is 27.9. The van der Waals surface area contributed by atoms with E-state index in [0.29, 0.717) is 41.4 Å². The Balaban J connectivity index is 1.08. The lowest BCUT2D eigenvalue weighted by Gasteiger charge is -2.44. The summed E-state index contributed by atoms with van der Waals surface area (Å²) in [5, 5.41) is 5.97. The summed E-state index contributed by atoms with van der Waals surface area (Å²) >= 11 is 1.50. The number of benzene rings is 2. The number of nitrogens with one attached hydrogen (secondary N) is 1. The topological polar surface area (TPSA) is 65.5 Å². The van der Waals surface area contributed by atoms with Gasteiger partial charge in [0.05, 0.1) is 10.6 Å². The smallest absolute Gasteiger partial charge is 0.346 e. The van der Waals surface area contributed by atoms with Crippen LogP contribution in [0.15, 0.2) is 53.9 Å². The van der Waals surface area contributed by atoms with Crippen molar-refractivity contribution in [3.8, 4) is 11.1 Å². The van der Waals surface area contributed by atoms with Crippen LogP contribution in [0.3, 0.4) is 0 Å². The van der Waals surface area contributed by atoms with Gasteiger partial charge in [0.25, 0.3) is 11.8 Å². The molecular weight excluding hydrogens is 537 g/mol. The average Bonchev–Trinajstić information content (AvgIpc) is 3.48. The fraction of sp³-hybridized carbons (Fsp3) is 0.433. The SMILES string of the molecule is O=C(NC1CN2CCC1CC2)c1csc(C2CCN(C(=O)c3ccccc3-c3ccc(C(F)(F)F)cc3)CC2)n1. The molecule has 4 saturated heterocycles. The molecule has 4 aliphatic rings. The first-order chi connectivity index (χ1) is 19.3. The van der Waals surface area contributed by atoms with E-state index in [0.717, 1.165) is 62.5 Å². The average molecular weight is 569 g/mol. The monoisotopic (exact) mass is 568 g/mol. The molecule has 6 nitrogen and oxygen atoms in total. The molecule has 1 aromatic heterocycles. The summed E-state index contributed by atoms with van der Waals surface area (Å²) in [6.07, 6.45) is -0.656. The molecule has 4 fully saturated rings. The third-order valence-corrected chi connectivity index (χ3v) is 9.55. The van der Waals surface area contributed by atoms with Gasteiger partial charge in [0.15, 0.2) is 0 Å². The number of piperidine rings is 4. The summed E-state index contributed by atoms with van der Waals surface area (Å²) in [6.45, 7) is 4.26. The number of hydrogen-bond acceptors (Lipinski definition) is 5. The largest absolute Gasteiger partial charge is 0.416 e. The second-order valence-electron chi connectivity index (χ2n) is 11.0. The van der Waals surface area contributed by atoms with Crippen LogP contribution in [0, 0.1) is 5.92 Å². The Bertz CT molecular complexity index is 1370. The fourth-order valence-corrected chi connectivity index (χ4v) is 7.18. The Morgan fingerprint density at radius 3 is 2.27 bits per heavy atom. The molecule has 7 rings (SSSR count). The lowest BCUT2D eigenvalue weighted by atomic mass is 9.84. The number of thiazole rings is 1. The Hall–Kier alpha value is -3.24. The molecule has 2 amide bonds. The number of carbonyl (C=O) groups excluding carboxylic acids is 2. The van der Waals surface area contributed by atoms with E-state index in [2.05, 4.69) is 15.2 Å². The van der Waals surface area contributed by atoms with Gasteiger partial charge in [0.1, 0.15) is 5.69 Å². The molecule has 5 heterocycles. The van der Waals surface area contributed by atoms with E-state index in [-0.39, 0.29) is 23.8 Å². The lowest BCUT2D eigenvalue weighted by molar-refractivity contribution is -0.137. The van der Waals surface area contributed by atoms with Crippen molar-refractivity contribution in [3.63, 3.8) is 0 Å². The highest BCUT2D eigenvalue weighted by atomic mass is 32.1. The van der Waals surface area contributed by atoms with Crippen LogP contribution in [0.1, 0.15) is 63.0 Å². The highest BCUT2D eigenvalue weighted by Crippen LogP contribution is 2.34. The number of aromatic nitrogens is 1. The quantitative estimate of drug-likeness (QED) is 0.431. The van der Waals surface area contributed by atoms with Crippen LogP contribution in [-0.2, 0) is 6.18 Å². The van der Waals surface area contributed by atoms with Gasteiger partial charge < -0.3 is 15.1 Å². The Morgan fingerprint density at radius 2 is 1.62 bits per heavy atom. The predicted molar refractivity (Wildman–Crippen MR) is 147 cm³/mol. The van der Waals surface area contributed by atoms with Gasteiger partial charge >= 0.3 is 6.18 Å². The van der Waals surface area contributed by atoms with E-state index in [1.165, 1.54) is 23.5 Å². The van der Waals surface area contributed by atoms with Gasteiger partial charge in [-0.2, -0.15) is 13.2 Å². The summed E-state index contributed by atoms with van der Waals surface area (Å²) < 4.78 is 39.0. The Morgan fingerprint density at radius 1 is 0.925 bits per heavy atom. The molecular formula is C30H31F3N4O2S. The second kappa shape index (κ2) is 11.0. The first-order valence-electron chi connectivity index (χ1n) is 13.8. The summed E-state index contributed by atoms with van der Waals surface area (Å²) in [4.78, 5) is 35.3. The van der Waals surface area contributed by atoms with Crippen molar-refractivity contribution in [2.24, 2.45) is 5.92 Å². The summed E-state index contributed by atoms with van der Waals surface area (Å²) in [5.41, 5.74) is 1.41. The van der Waals surface area contributed by atoms with E-state index in [9.17, 15) is 22.8 Å². The zero-order valence-corrected chi connectivity index (χ0v) is 22.8. The number of fused-ring (bicyclic) bond motifs is 3. The maximum absolute atomic E-state index is 13.5. The molecule has 2 bridgehead atoms. The van der Waals surface area contributed by atoms with Crippen molar-refractivity contribution in [1.29, 1.82) is 0 Å². The molecule has 40 heavy (non-hydrogen) atoms. The molecule has 0 aliphatic carbocycles. The van der Waals surface area contributed by atoms with E-state index in [4.69, 9.17) is 0 Å². The van der Waals surface area contributed by atoms with Gasteiger partial charge in [-0.25, -0.2) is 4.98 Å². The first-order valence-corrected chi connectivity index (χ1v) is 14.7. The third kappa shape index (κ3) is 5.51. The number of hydrogen-bond donors (Lipinski definition) is 1. The number of carbonyl (C=O) groups is 2. The number of likely N-dealkylation sites (tertiary alicyclic amines) is 1. The molecule has 210 valence electrons. The maximum atomic E-state index is 13.5. The molecule has 2 aromatic carbocycles. The normalized spacial score (nSPS) is 23.3. The standard InChI is InChI=1S/C30H31F3N4O2S/c31-30(32,33)22-7-5-19(6-8-22)23-3-1-2-4-24(23)29(39)37-15-11-21(12-16-37)28-35-26(18-40-28)27(38)34-25-17-36-13-9-20(25)10-14-36/h1-8,18,20-21,25H,9-17H2,(H,34,38). The van der Waals surface area contributed by atoms with Crippen molar-refractivity contribution < 1.29 is 22.8 Å². The van der Waals surface area contributed by atoms with Gasteiger partial charge in [-0.15, -0.1) is 11.3 Å². The molecule has 0 saturated carbocycles. The minimum atomic E-state index is -4.41. The van der Waals surface area contributed by atoms with Crippen molar-refractivity contribution in [3.05, 3.63) is 75.7 Å². The van der Waals surface area contributed by atoms with Crippen LogP contribution in [0.5, 0.6) is 0 Å². The summed E-state index contributed by atoms with van der Waals surface area (Å²) in [7, 11) is 0.